The van der Waals surface area contributed by atoms with Crippen molar-refractivity contribution in [1.29, 1.82) is 0 Å². The third-order valence-electron chi connectivity index (χ3n) is 12.9. The predicted octanol–water partition coefficient (Wildman–Crippen LogP) is 15.7. The number of hydrogen-bond acceptors (Lipinski definition) is 3. The fourth-order valence-electron chi connectivity index (χ4n) is 9.01. The summed E-state index contributed by atoms with van der Waals surface area (Å²) in [6, 6.07) is 70.0. The molecular weight excluding hydrogens is 1010 g/mol. The Kier molecular flexibility index (Phi) is 12.2. The molecule has 0 fully saturated rings. The van der Waals surface area contributed by atoms with Crippen molar-refractivity contribution >= 4 is 0 Å². The van der Waals surface area contributed by atoms with Crippen LogP contribution in [0.3, 0.4) is 0 Å². The van der Waals surface area contributed by atoms with Crippen LogP contribution in [0.2, 0.25) is 0 Å². The van der Waals surface area contributed by atoms with Crippen molar-refractivity contribution < 1.29 is 28.3 Å². The Labute approximate surface area is 429 Å². The molecule has 0 aliphatic heterocycles. The SMILES string of the molecule is [2H]C([2H])([2H])c1ccc(-c2[c-]cc(CCc3cc(CCc4c[c-]c(-c5cc(C([2H])([2H])[2H])ccn5)cc4)cc(-c4ccccc4-c4c[c-]c(-c5cc(-c6ccc(-c7ccccc7)c(C)c6C)ccn5)cc4)c3)cc2)nc1.[Ir+3]. The zero-order valence-electron chi connectivity index (χ0n) is 44.5. The summed E-state index contributed by atoms with van der Waals surface area (Å²) in [6.45, 7) is -0.0176. The molecule has 69 heavy (non-hydrogen) atoms. The minimum absolute atomic E-state index is 0. The van der Waals surface area contributed by atoms with Gasteiger partial charge >= 0.3 is 20.1 Å². The second-order valence-corrected chi connectivity index (χ2v) is 17.4. The maximum absolute atomic E-state index is 7.84. The van der Waals surface area contributed by atoms with E-state index in [-0.39, 0.29) is 31.2 Å². The van der Waals surface area contributed by atoms with E-state index in [0.29, 0.717) is 11.4 Å². The predicted molar refractivity (Wildman–Crippen MR) is 281 cm³/mol. The first-order valence-electron chi connectivity index (χ1n) is 26.1. The van der Waals surface area contributed by atoms with Crippen molar-refractivity contribution in [2.75, 3.05) is 0 Å². The molecule has 10 rings (SSSR count). The van der Waals surface area contributed by atoms with Crippen LogP contribution in [0.1, 0.15) is 52.7 Å². The molecule has 0 saturated carbocycles. The number of pyridine rings is 3. The van der Waals surface area contributed by atoms with Gasteiger partial charge in [-0.1, -0.05) is 139 Å². The van der Waals surface area contributed by atoms with Gasteiger partial charge in [0.25, 0.3) is 0 Å². The molecule has 0 bridgehead atoms. The molecule has 3 nitrogen and oxygen atoms in total. The summed E-state index contributed by atoms with van der Waals surface area (Å²) in [5.41, 5.74) is 21.5. The first-order chi connectivity index (χ1) is 35.7. The van der Waals surface area contributed by atoms with E-state index in [4.69, 9.17) is 13.2 Å². The molecule has 10 aromatic rings. The fourth-order valence-corrected chi connectivity index (χ4v) is 9.01. The Morgan fingerprint density at radius 2 is 0.957 bits per heavy atom. The summed E-state index contributed by atoms with van der Waals surface area (Å²) >= 11 is 0. The van der Waals surface area contributed by atoms with E-state index >= 15 is 0 Å². The molecule has 0 aliphatic rings. The van der Waals surface area contributed by atoms with E-state index < -0.39 is 13.7 Å². The number of rotatable bonds is 13. The third kappa shape index (κ3) is 10.8. The van der Waals surface area contributed by atoms with Gasteiger partial charge in [0.2, 0.25) is 0 Å². The Morgan fingerprint density at radius 3 is 1.55 bits per heavy atom. The van der Waals surface area contributed by atoms with Gasteiger partial charge in [-0.25, -0.2) is 0 Å². The van der Waals surface area contributed by atoms with Crippen LogP contribution in [0.15, 0.2) is 195 Å². The molecule has 3 heterocycles. The van der Waals surface area contributed by atoms with Crippen molar-refractivity contribution in [1.82, 2.24) is 15.0 Å². The zero-order chi connectivity index (χ0) is 51.4. The topological polar surface area (TPSA) is 38.7 Å². The number of benzene rings is 7. The largest absolute Gasteiger partial charge is 3.00 e. The maximum atomic E-state index is 7.84. The Balaban J connectivity index is 0.00000689. The van der Waals surface area contributed by atoms with Gasteiger partial charge in [-0.15, -0.1) is 101 Å². The molecule has 0 atom stereocenters. The second-order valence-electron chi connectivity index (χ2n) is 17.4. The number of aryl methyl sites for hydroxylation is 6. The Morgan fingerprint density at radius 1 is 0.391 bits per heavy atom. The van der Waals surface area contributed by atoms with E-state index in [1.54, 1.807) is 18.2 Å². The molecular formula is C65H52IrN3. The summed E-state index contributed by atoms with van der Waals surface area (Å²) < 4.78 is 46.6. The average molecular weight is 1070 g/mol. The van der Waals surface area contributed by atoms with Crippen LogP contribution in [0.25, 0.3) is 78.3 Å². The smallest absolute Gasteiger partial charge is 0.305 e. The number of aromatic nitrogens is 3. The second kappa shape index (κ2) is 21.3. The summed E-state index contributed by atoms with van der Waals surface area (Å²) in [7, 11) is 0. The van der Waals surface area contributed by atoms with Gasteiger partial charge in [0, 0.05) is 26.8 Å². The standard InChI is InChI=1S/C65H52N3.Ir/c1-44-34-36-66-64(38-44)55-25-21-49(22-26-55)16-18-51-39-50(17-15-48-19-23-54(24-20-48)63-33-14-45(2)43-68-63)40-58(41-51)62-13-9-8-12-61(62)53-27-29-56(30-28-53)65-42-57(35-37-67-65)60-32-31-59(46(3)47(60)4)52-10-6-5-7-11-52;/h5-14,19-23,25,27-29,31-43H,15-18H2,1-4H3;/q-3;+3/i1D3,2D3;. The molecule has 7 aromatic carbocycles. The van der Waals surface area contributed by atoms with Crippen molar-refractivity contribution in [2.45, 2.75) is 53.2 Å². The molecule has 336 valence electrons. The summed E-state index contributed by atoms with van der Waals surface area (Å²) in [6.07, 6.45) is 8.02. The minimum Gasteiger partial charge on any atom is -0.305 e. The maximum Gasteiger partial charge on any atom is 3.00 e. The van der Waals surface area contributed by atoms with Gasteiger partial charge < -0.3 is 15.0 Å². The molecule has 3 aromatic heterocycles. The molecule has 4 heteroatoms. The fraction of sp³-hybridized carbons (Fsp3) is 0.123. The Bertz CT molecular complexity index is 3570. The van der Waals surface area contributed by atoms with Crippen LogP contribution in [0.4, 0.5) is 0 Å². The van der Waals surface area contributed by atoms with Gasteiger partial charge in [0.1, 0.15) is 0 Å². The van der Waals surface area contributed by atoms with E-state index in [1.165, 1.54) is 57.4 Å². The normalized spacial score (nSPS) is 12.7. The third-order valence-corrected chi connectivity index (χ3v) is 12.9. The average Bonchev–Trinajstić information content (AvgIpc) is 3.43. The van der Waals surface area contributed by atoms with Crippen LogP contribution < -0.4 is 0 Å². The monoisotopic (exact) mass is 1070 g/mol. The van der Waals surface area contributed by atoms with Gasteiger partial charge in [0.05, 0.1) is 0 Å². The van der Waals surface area contributed by atoms with Crippen LogP contribution in [-0.2, 0) is 45.8 Å². The van der Waals surface area contributed by atoms with E-state index in [0.717, 1.165) is 87.0 Å². The van der Waals surface area contributed by atoms with E-state index in [2.05, 4.69) is 163 Å². The van der Waals surface area contributed by atoms with Gasteiger partial charge in [0.15, 0.2) is 0 Å². The minimum atomic E-state index is -2.21. The molecule has 0 spiro atoms. The van der Waals surface area contributed by atoms with Crippen molar-refractivity contribution in [3.63, 3.8) is 0 Å². The molecule has 0 aliphatic carbocycles. The molecule has 0 amide bonds. The van der Waals surface area contributed by atoms with Gasteiger partial charge in [-0.2, -0.15) is 0 Å². The van der Waals surface area contributed by atoms with Crippen LogP contribution in [-0.4, -0.2) is 15.0 Å². The van der Waals surface area contributed by atoms with Gasteiger partial charge in [-0.05, 0) is 131 Å². The molecule has 0 saturated heterocycles. The molecule has 0 N–H and O–H groups in total. The summed E-state index contributed by atoms with van der Waals surface area (Å²) in [5, 5.41) is 0. The first-order valence-corrected chi connectivity index (χ1v) is 23.1. The zero-order valence-corrected chi connectivity index (χ0v) is 40.9. The Hall–Kier alpha value is -7.36. The van der Waals surface area contributed by atoms with Gasteiger partial charge in [-0.3, -0.25) is 0 Å². The summed E-state index contributed by atoms with van der Waals surface area (Å²) in [4.78, 5) is 13.6. The van der Waals surface area contributed by atoms with Crippen LogP contribution >= 0.6 is 0 Å². The number of hydrogen-bond donors (Lipinski definition) is 0. The van der Waals surface area contributed by atoms with Crippen LogP contribution in [0.5, 0.6) is 0 Å². The van der Waals surface area contributed by atoms with E-state index in [9.17, 15) is 0 Å². The first kappa shape index (κ1) is 39.6. The van der Waals surface area contributed by atoms with Crippen molar-refractivity contribution in [2.24, 2.45) is 0 Å². The summed E-state index contributed by atoms with van der Waals surface area (Å²) in [5.74, 6) is 0. The number of nitrogens with zero attached hydrogens (tertiary/aromatic N) is 3. The van der Waals surface area contributed by atoms with Crippen molar-refractivity contribution in [3.05, 3.63) is 257 Å². The quantitative estimate of drug-likeness (QED) is 0.108. The van der Waals surface area contributed by atoms with E-state index in [1.807, 2.05) is 36.5 Å². The molecule has 0 unspecified atom stereocenters. The van der Waals surface area contributed by atoms with Crippen molar-refractivity contribution in [3.8, 4) is 78.3 Å². The van der Waals surface area contributed by atoms with Crippen LogP contribution in [0, 0.1) is 45.8 Å². The molecule has 0 radical (unpaired) electrons.